The minimum Gasteiger partial charge on any atom is -0.497 e. The van der Waals surface area contributed by atoms with Crippen LogP contribution >= 0.6 is 11.3 Å². The minimum absolute atomic E-state index is 0.0758. The number of amides is 1. The van der Waals surface area contributed by atoms with Crippen molar-refractivity contribution in [3.05, 3.63) is 69.2 Å². The molecule has 0 aliphatic rings. The highest BCUT2D eigenvalue weighted by atomic mass is 32.1. The van der Waals surface area contributed by atoms with Gasteiger partial charge in [0.1, 0.15) is 10.8 Å². The number of hydrogen-bond acceptors (Lipinski definition) is 8. The van der Waals surface area contributed by atoms with Crippen LogP contribution in [0.4, 0.5) is 11.4 Å². The third-order valence-electron chi connectivity index (χ3n) is 4.08. The lowest BCUT2D eigenvalue weighted by Crippen LogP contribution is -2.21. The summed E-state index contributed by atoms with van der Waals surface area (Å²) < 4.78 is 10.1. The SMILES string of the molecule is COc1ccc(-c2nc(C(=O)OCC(=O)Nc3ccc([N+](=O)[O-])cc3C)cs2)cc1. The van der Waals surface area contributed by atoms with Crippen molar-refractivity contribution in [2.24, 2.45) is 0 Å². The molecule has 3 aromatic rings. The standard InChI is InChI=1S/C20H17N3O6S/c1-12-9-14(23(26)27)5-8-16(12)21-18(24)10-29-20(25)17-11-30-19(22-17)13-3-6-15(28-2)7-4-13/h3-9,11H,10H2,1-2H3,(H,21,24). The summed E-state index contributed by atoms with van der Waals surface area (Å²) in [6.45, 7) is 1.12. The fraction of sp³-hybridized carbons (Fsp3) is 0.150. The van der Waals surface area contributed by atoms with E-state index >= 15 is 0 Å². The molecular formula is C20H17N3O6S. The smallest absolute Gasteiger partial charge is 0.358 e. The first-order valence-electron chi connectivity index (χ1n) is 8.69. The molecular weight excluding hydrogens is 410 g/mol. The molecule has 154 valence electrons. The summed E-state index contributed by atoms with van der Waals surface area (Å²) >= 11 is 1.28. The first kappa shape index (κ1) is 20.9. The summed E-state index contributed by atoms with van der Waals surface area (Å²) in [4.78, 5) is 38.7. The Kier molecular flexibility index (Phi) is 6.38. The molecule has 3 rings (SSSR count). The Hall–Kier alpha value is -3.79. The maximum Gasteiger partial charge on any atom is 0.358 e. The van der Waals surface area contributed by atoms with Crippen LogP contribution in [0.1, 0.15) is 16.1 Å². The van der Waals surface area contributed by atoms with Gasteiger partial charge in [-0.3, -0.25) is 14.9 Å². The number of benzene rings is 2. The van der Waals surface area contributed by atoms with Gasteiger partial charge in [0, 0.05) is 28.8 Å². The van der Waals surface area contributed by atoms with Crippen LogP contribution < -0.4 is 10.1 Å². The lowest BCUT2D eigenvalue weighted by Gasteiger charge is -2.08. The van der Waals surface area contributed by atoms with Crippen LogP contribution in [0.5, 0.6) is 5.75 Å². The molecule has 10 heteroatoms. The molecule has 0 fully saturated rings. The van der Waals surface area contributed by atoms with E-state index in [-0.39, 0.29) is 11.4 Å². The van der Waals surface area contributed by atoms with Crippen LogP contribution in [-0.4, -0.2) is 35.5 Å². The molecule has 1 heterocycles. The molecule has 1 aromatic heterocycles. The fourth-order valence-electron chi connectivity index (χ4n) is 2.53. The summed E-state index contributed by atoms with van der Waals surface area (Å²) in [5.41, 5.74) is 1.77. The second kappa shape index (κ2) is 9.14. The van der Waals surface area contributed by atoms with Gasteiger partial charge in [0.05, 0.1) is 12.0 Å². The van der Waals surface area contributed by atoms with Crippen molar-refractivity contribution in [1.82, 2.24) is 4.98 Å². The number of esters is 1. The Labute approximate surface area is 175 Å². The second-order valence-electron chi connectivity index (χ2n) is 6.15. The molecule has 0 aliphatic heterocycles. The normalized spacial score (nSPS) is 10.3. The van der Waals surface area contributed by atoms with Crippen LogP contribution in [0.15, 0.2) is 47.8 Å². The van der Waals surface area contributed by atoms with E-state index in [1.54, 1.807) is 31.5 Å². The van der Waals surface area contributed by atoms with Crippen LogP contribution in [0.25, 0.3) is 10.6 Å². The van der Waals surface area contributed by atoms with E-state index in [0.717, 1.165) is 5.56 Å². The van der Waals surface area contributed by atoms with Crippen molar-refractivity contribution >= 4 is 34.6 Å². The maximum atomic E-state index is 12.2. The zero-order valence-electron chi connectivity index (χ0n) is 16.1. The number of methoxy groups -OCH3 is 1. The van der Waals surface area contributed by atoms with Gasteiger partial charge in [-0.15, -0.1) is 11.3 Å². The summed E-state index contributed by atoms with van der Waals surface area (Å²) in [5, 5.41) is 15.5. The number of thiazole rings is 1. The van der Waals surface area contributed by atoms with Gasteiger partial charge in [-0.05, 0) is 42.8 Å². The Bertz CT molecular complexity index is 1090. The number of aromatic nitrogens is 1. The van der Waals surface area contributed by atoms with Crippen molar-refractivity contribution in [1.29, 1.82) is 0 Å². The van der Waals surface area contributed by atoms with E-state index in [0.29, 0.717) is 22.0 Å². The topological polar surface area (TPSA) is 121 Å². The number of hydrogen-bond donors (Lipinski definition) is 1. The van der Waals surface area contributed by atoms with E-state index in [1.807, 2.05) is 12.1 Å². The molecule has 0 bridgehead atoms. The third-order valence-corrected chi connectivity index (χ3v) is 4.97. The largest absolute Gasteiger partial charge is 0.497 e. The van der Waals surface area contributed by atoms with Crippen LogP contribution in [-0.2, 0) is 9.53 Å². The first-order chi connectivity index (χ1) is 14.4. The number of rotatable bonds is 7. The van der Waals surface area contributed by atoms with Crippen LogP contribution in [0.3, 0.4) is 0 Å². The molecule has 1 N–H and O–H groups in total. The molecule has 0 spiro atoms. The molecule has 0 unspecified atom stereocenters. The summed E-state index contributed by atoms with van der Waals surface area (Å²) in [6.07, 6.45) is 0. The van der Waals surface area contributed by atoms with Crippen molar-refractivity contribution in [3.63, 3.8) is 0 Å². The fourth-order valence-corrected chi connectivity index (χ4v) is 3.32. The number of carbonyl (C=O) groups excluding carboxylic acids is 2. The van der Waals surface area contributed by atoms with Gasteiger partial charge >= 0.3 is 5.97 Å². The predicted molar refractivity (Wildman–Crippen MR) is 111 cm³/mol. The van der Waals surface area contributed by atoms with E-state index in [4.69, 9.17) is 9.47 Å². The van der Waals surface area contributed by atoms with Crippen molar-refractivity contribution in [2.45, 2.75) is 6.92 Å². The van der Waals surface area contributed by atoms with Crippen molar-refractivity contribution in [2.75, 3.05) is 19.0 Å². The molecule has 0 aliphatic carbocycles. The first-order valence-corrected chi connectivity index (χ1v) is 9.57. The van der Waals surface area contributed by atoms with Gasteiger partial charge in [-0.25, -0.2) is 9.78 Å². The number of aryl methyl sites for hydroxylation is 1. The van der Waals surface area contributed by atoms with E-state index in [1.165, 1.54) is 29.5 Å². The lowest BCUT2D eigenvalue weighted by molar-refractivity contribution is -0.384. The molecule has 0 saturated carbocycles. The zero-order valence-corrected chi connectivity index (χ0v) is 16.9. The number of carbonyl (C=O) groups is 2. The lowest BCUT2D eigenvalue weighted by atomic mass is 10.2. The van der Waals surface area contributed by atoms with Crippen LogP contribution in [0, 0.1) is 17.0 Å². The zero-order chi connectivity index (χ0) is 21.7. The molecule has 2 aromatic carbocycles. The monoisotopic (exact) mass is 427 g/mol. The number of nitrogens with one attached hydrogen (secondary N) is 1. The van der Waals surface area contributed by atoms with Gasteiger partial charge < -0.3 is 14.8 Å². The number of nitrogens with zero attached hydrogens (tertiary/aromatic N) is 2. The Balaban J connectivity index is 1.57. The average molecular weight is 427 g/mol. The number of ether oxygens (including phenoxy) is 2. The van der Waals surface area contributed by atoms with E-state index < -0.39 is 23.4 Å². The number of nitro benzene ring substituents is 1. The van der Waals surface area contributed by atoms with Crippen LogP contribution in [0.2, 0.25) is 0 Å². The second-order valence-corrected chi connectivity index (χ2v) is 7.01. The Morgan fingerprint density at radius 2 is 1.93 bits per heavy atom. The van der Waals surface area contributed by atoms with Crippen molar-refractivity contribution in [3.8, 4) is 16.3 Å². The molecule has 0 saturated heterocycles. The summed E-state index contributed by atoms with van der Waals surface area (Å²) in [7, 11) is 1.58. The molecule has 0 radical (unpaired) electrons. The summed E-state index contributed by atoms with van der Waals surface area (Å²) in [6, 6.07) is 11.3. The summed E-state index contributed by atoms with van der Waals surface area (Å²) in [5.74, 6) is -0.572. The van der Waals surface area contributed by atoms with Gasteiger partial charge in [-0.1, -0.05) is 0 Å². The van der Waals surface area contributed by atoms with E-state index in [2.05, 4.69) is 10.3 Å². The molecule has 1 amide bonds. The predicted octanol–water partition coefficient (Wildman–Crippen LogP) is 3.83. The van der Waals surface area contributed by atoms with Gasteiger partial charge in [0.2, 0.25) is 0 Å². The average Bonchev–Trinajstić information content (AvgIpc) is 3.24. The highest BCUT2D eigenvalue weighted by molar-refractivity contribution is 7.13. The third kappa shape index (κ3) is 4.97. The number of non-ortho nitro benzene ring substituents is 1. The molecule has 0 atom stereocenters. The molecule has 9 nitrogen and oxygen atoms in total. The maximum absolute atomic E-state index is 12.2. The van der Waals surface area contributed by atoms with E-state index in [9.17, 15) is 19.7 Å². The highest BCUT2D eigenvalue weighted by Crippen LogP contribution is 2.26. The Morgan fingerprint density at radius 1 is 1.20 bits per heavy atom. The molecule has 30 heavy (non-hydrogen) atoms. The number of anilines is 1. The number of nitro groups is 1. The van der Waals surface area contributed by atoms with Gasteiger partial charge in [0.15, 0.2) is 12.3 Å². The Morgan fingerprint density at radius 3 is 2.57 bits per heavy atom. The van der Waals surface area contributed by atoms with Gasteiger partial charge in [0.25, 0.3) is 11.6 Å². The minimum atomic E-state index is -0.721. The quantitative estimate of drug-likeness (QED) is 0.345. The highest BCUT2D eigenvalue weighted by Gasteiger charge is 2.16. The van der Waals surface area contributed by atoms with Crippen molar-refractivity contribution < 1.29 is 24.0 Å². The van der Waals surface area contributed by atoms with Gasteiger partial charge in [-0.2, -0.15) is 0 Å².